The largest absolute Gasteiger partial charge is 0.348 e. The number of hydrogen-bond donors (Lipinski definition) is 0. The summed E-state index contributed by atoms with van der Waals surface area (Å²) in [5.74, 6) is -2.24. The number of halogens is 2. The second kappa shape index (κ2) is 7.06. The molecule has 0 radical (unpaired) electrons. The van der Waals surface area contributed by atoms with Gasteiger partial charge in [0.05, 0.1) is 10.9 Å². The van der Waals surface area contributed by atoms with Crippen LogP contribution in [0.15, 0.2) is 18.5 Å². The van der Waals surface area contributed by atoms with E-state index in [0.717, 1.165) is 41.3 Å². The fourth-order valence-corrected chi connectivity index (χ4v) is 4.67. The summed E-state index contributed by atoms with van der Waals surface area (Å²) in [5.41, 5.74) is 0.923. The first kappa shape index (κ1) is 17.6. The minimum atomic E-state index is -2.60. The van der Waals surface area contributed by atoms with Crippen molar-refractivity contribution in [3.63, 3.8) is 0 Å². The van der Waals surface area contributed by atoms with Crippen molar-refractivity contribution in [2.75, 3.05) is 31.1 Å². The molecule has 1 amide bonds. The van der Waals surface area contributed by atoms with E-state index in [1.54, 1.807) is 28.6 Å². The molecule has 2 aromatic rings. The first-order chi connectivity index (χ1) is 12.5. The molecule has 2 fully saturated rings. The van der Waals surface area contributed by atoms with Gasteiger partial charge in [0.2, 0.25) is 5.91 Å². The Hall–Kier alpha value is -1.83. The fourth-order valence-electron chi connectivity index (χ4n) is 3.69. The van der Waals surface area contributed by atoms with Crippen molar-refractivity contribution in [2.24, 2.45) is 5.92 Å². The number of carbonyl (C=O) groups excluding carboxylic acids is 1. The van der Waals surface area contributed by atoms with E-state index >= 15 is 0 Å². The summed E-state index contributed by atoms with van der Waals surface area (Å²) in [6.07, 6.45) is 5.49. The summed E-state index contributed by atoms with van der Waals surface area (Å²) in [7, 11) is 0. The molecule has 2 aromatic heterocycles. The molecule has 0 saturated carbocycles. The molecule has 0 unspecified atom stereocenters. The van der Waals surface area contributed by atoms with Gasteiger partial charge in [0, 0.05) is 51.6 Å². The highest BCUT2D eigenvalue weighted by Gasteiger charge is 2.36. The number of aromatic nitrogens is 2. The third-order valence-corrected chi connectivity index (χ3v) is 6.47. The first-order valence-electron chi connectivity index (χ1n) is 9.11. The molecule has 0 aliphatic carbocycles. The number of thiazole rings is 1. The van der Waals surface area contributed by atoms with E-state index in [9.17, 15) is 13.6 Å². The average Bonchev–Trinajstić information content (AvgIpc) is 3.06. The van der Waals surface area contributed by atoms with Crippen molar-refractivity contribution in [1.29, 1.82) is 0 Å². The Bertz CT molecular complexity index is 745. The molecule has 0 bridgehead atoms. The lowest BCUT2D eigenvalue weighted by Crippen LogP contribution is -2.44. The van der Waals surface area contributed by atoms with Gasteiger partial charge in [0.1, 0.15) is 5.52 Å². The van der Waals surface area contributed by atoms with E-state index in [1.165, 1.54) is 0 Å². The van der Waals surface area contributed by atoms with Gasteiger partial charge in [-0.1, -0.05) is 11.3 Å². The Kier molecular flexibility index (Phi) is 4.77. The lowest BCUT2D eigenvalue weighted by molar-refractivity contribution is -0.138. The van der Waals surface area contributed by atoms with Gasteiger partial charge in [-0.3, -0.25) is 9.78 Å². The predicted octanol–water partition coefficient (Wildman–Crippen LogP) is 3.56. The van der Waals surface area contributed by atoms with Gasteiger partial charge in [0.15, 0.2) is 5.13 Å². The van der Waals surface area contributed by atoms with Gasteiger partial charge in [-0.05, 0) is 24.8 Å². The SMILES string of the molecule is O=C(CC1CCN(c2nc3cnccc3s2)CC1)N1CCC(F)(F)CC1. The number of alkyl halides is 2. The highest BCUT2D eigenvalue weighted by molar-refractivity contribution is 7.22. The zero-order valence-corrected chi connectivity index (χ0v) is 15.4. The summed E-state index contributed by atoms with van der Waals surface area (Å²) in [5, 5.41) is 1.01. The van der Waals surface area contributed by atoms with E-state index in [2.05, 4.69) is 14.9 Å². The Morgan fingerprint density at radius 1 is 1.23 bits per heavy atom. The van der Waals surface area contributed by atoms with Crippen LogP contribution in [0, 0.1) is 5.92 Å². The van der Waals surface area contributed by atoms with Crippen LogP contribution in [0.1, 0.15) is 32.1 Å². The van der Waals surface area contributed by atoms with Crippen LogP contribution in [0.2, 0.25) is 0 Å². The summed E-state index contributed by atoms with van der Waals surface area (Å²) in [6.45, 7) is 2.13. The number of piperidine rings is 2. The van der Waals surface area contributed by atoms with Gasteiger partial charge in [-0.25, -0.2) is 13.8 Å². The Balaban J connectivity index is 1.29. The molecule has 4 heterocycles. The molecule has 5 nitrogen and oxygen atoms in total. The van der Waals surface area contributed by atoms with Crippen molar-refractivity contribution in [3.05, 3.63) is 18.5 Å². The van der Waals surface area contributed by atoms with Gasteiger partial charge < -0.3 is 9.80 Å². The van der Waals surface area contributed by atoms with Crippen LogP contribution >= 0.6 is 11.3 Å². The van der Waals surface area contributed by atoms with Crippen LogP contribution in [-0.2, 0) is 4.79 Å². The van der Waals surface area contributed by atoms with Crippen LogP contribution in [0.3, 0.4) is 0 Å². The topological polar surface area (TPSA) is 49.3 Å². The van der Waals surface area contributed by atoms with Gasteiger partial charge >= 0.3 is 0 Å². The first-order valence-corrected chi connectivity index (χ1v) is 9.93. The van der Waals surface area contributed by atoms with E-state index in [1.807, 2.05) is 6.07 Å². The molecule has 2 aliphatic rings. The third kappa shape index (κ3) is 3.79. The quantitative estimate of drug-likeness (QED) is 0.817. The van der Waals surface area contributed by atoms with Crippen molar-refractivity contribution >= 4 is 32.6 Å². The molecular weight excluding hydrogens is 358 g/mol. The van der Waals surface area contributed by atoms with Crippen LogP contribution < -0.4 is 4.90 Å². The van der Waals surface area contributed by atoms with Gasteiger partial charge in [-0.15, -0.1) is 0 Å². The number of likely N-dealkylation sites (tertiary alicyclic amines) is 1. The van der Waals surface area contributed by atoms with Crippen molar-refractivity contribution in [3.8, 4) is 0 Å². The van der Waals surface area contributed by atoms with E-state index < -0.39 is 5.92 Å². The molecule has 2 aliphatic heterocycles. The number of pyridine rings is 1. The normalized spacial score (nSPS) is 21.3. The Morgan fingerprint density at radius 2 is 1.96 bits per heavy atom. The van der Waals surface area contributed by atoms with Gasteiger partial charge in [0.25, 0.3) is 5.92 Å². The number of fused-ring (bicyclic) bond motifs is 1. The van der Waals surface area contributed by atoms with Crippen molar-refractivity contribution in [1.82, 2.24) is 14.9 Å². The highest BCUT2D eigenvalue weighted by atomic mass is 32.1. The summed E-state index contributed by atoms with van der Waals surface area (Å²) >= 11 is 1.67. The predicted molar refractivity (Wildman–Crippen MR) is 97.7 cm³/mol. The summed E-state index contributed by atoms with van der Waals surface area (Å²) < 4.78 is 27.6. The molecule has 26 heavy (non-hydrogen) atoms. The number of amides is 1. The van der Waals surface area contributed by atoms with Crippen LogP contribution in [-0.4, -0.2) is 52.9 Å². The molecule has 4 rings (SSSR count). The number of carbonyl (C=O) groups is 1. The van der Waals surface area contributed by atoms with Crippen LogP contribution in [0.5, 0.6) is 0 Å². The maximum Gasteiger partial charge on any atom is 0.251 e. The highest BCUT2D eigenvalue weighted by Crippen LogP contribution is 2.32. The summed E-state index contributed by atoms with van der Waals surface area (Å²) in [6, 6.07) is 1.98. The average molecular weight is 380 g/mol. The molecule has 0 atom stereocenters. The van der Waals surface area contributed by atoms with Crippen molar-refractivity contribution < 1.29 is 13.6 Å². The number of rotatable bonds is 3. The Morgan fingerprint density at radius 3 is 2.65 bits per heavy atom. The van der Waals surface area contributed by atoms with Crippen LogP contribution in [0.25, 0.3) is 10.2 Å². The number of hydrogen-bond acceptors (Lipinski definition) is 5. The lowest BCUT2D eigenvalue weighted by Gasteiger charge is -2.35. The number of nitrogens with zero attached hydrogens (tertiary/aromatic N) is 4. The molecule has 0 aromatic carbocycles. The second-order valence-corrected chi connectivity index (χ2v) is 8.22. The smallest absolute Gasteiger partial charge is 0.251 e. The summed E-state index contributed by atoms with van der Waals surface area (Å²) in [4.78, 5) is 25.0. The van der Waals surface area contributed by atoms with Gasteiger partial charge in [-0.2, -0.15) is 0 Å². The monoisotopic (exact) mass is 380 g/mol. The minimum Gasteiger partial charge on any atom is -0.348 e. The van der Waals surface area contributed by atoms with E-state index in [0.29, 0.717) is 12.3 Å². The maximum absolute atomic E-state index is 13.2. The standard InChI is InChI=1S/C18H22F2N4OS/c19-18(20)4-9-23(10-5-18)16(25)11-13-2-7-24(8-3-13)17-22-14-12-21-6-1-15(14)26-17/h1,6,12-13H,2-5,7-11H2. The van der Waals surface area contributed by atoms with E-state index in [-0.39, 0.29) is 31.8 Å². The molecule has 0 N–H and O–H groups in total. The fraction of sp³-hybridized carbons (Fsp3) is 0.611. The molecule has 2 saturated heterocycles. The van der Waals surface area contributed by atoms with Crippen LogP contribution in [0.4, 0.5) is 13.9 Å². The number of anilines is 1. The maximum atomic E-state index is 13.2. The zero-order valence-electron chi connectivity index (χ0n) is 14.5. The van der Waals surface area contributed by atoms with Crippen molar-refractivity contribution in [2.45, 2.75) is 38.0 Å². The second-order valence-electron chi connectivity index (χ2n) is 7.21. The zero-order chi connectivity index (χ0) is 18.1. The van der Waals surface area contributed by atoms with E-state index in [4.69, 9.17) is 0 Å². The molecular formula is C18H22F2N4OS. The molecule has 0 spiro atoms. The minimum absolute atomic E-state index is 0.0324. The lowest BCUT2D eigenvalue weighted by atomic mass is 9.92. The molecule has 140 valence electrons. The molecule has 8 heteroatoms. The third-order valence-electron chi connectivity index (χ3n) is 5.37. The Labute approximate surface area is 155 Å².